The van der Waals surface area contributed by atoms with Crippen molar-refractivity contribution in [2.45, 2.75) is 18.7 Å². The van der Waals surface area contributed by atoms with Crippen LogP contribution in [0.15, 0.2) is 28.1 Å². The monoisotopic (exact) mass is 328 g/mol. The summed E-state index contributed by atoms with van der Waals surface area (Å²) in [5, 5.41) is 10.6. The van der Waals surface area contributed by atoms with Gasteiger partial charge < -0.3 is 15.4 Å². The number of anilines is 1. The number of rotatable bonds is 5. The number of hydrogen-bond donors (Lipinski definition) is 2. The maximum Gasteiger partial charge on any atom is 0.283 e. The summed E-state index contributed by atoms with van der Waals surface area (Å²) in [6, 6.07) is 0.123. The number of aromatic nitrogens is 2. The first-order valence-corrected chi connectivity index (χ1v) is 6.83. The maximum atomic E-state index is 12.0. The van der Waals surface area contributed by atoms with Gasteiger partial charge in [-0.05, 0) is 15.9 Å². The second-order valence-electron chi connectivity index (χ2n) is 4.33. The molecule has 1 saturated heterocycles. The molecule has 104 valence electrons. The van der Waals surface area contributed by atoms with Gasteiger partial charge in [0.2, 0.25) is 0 Å². The van der Waals surface area contributed by atoms with E-state index in [1.54, 1.807) is 19.4 Å². The number of halogens is 1. The van der Waals surface area contributed by atoms with Gasteiger partial charge in [0, 0.05) is 20.2 Å². The molecule has 1 fully saturated rings. The van der Waals surface area contributed by atoms with E-state index < -0.39 is 0 Å². The van der Waals surface area contributed by atoms with Crippen molar-refractivity contribution in [2.24, 2.45) is 0 Å². The molecular weight excluding hydrogens is 312 g/mol. The number of ether oxygens (including phenoxy) is 1. The number of nitrogens with zero attached hydrogens (tertiary/aromatic N) is 2. The lowest BCUT2D eigenvalue weighted by molar-refractivity contribution is 0.111. The Labute approximate surface area is 120 Å². The molecule has 1 aliphatic heterocycles. The van der Waals surface area contributed by atoms with Crippen molar-refractivity contribution in [3.05, 3.63) is 33.7 Å². The summed E-state index contributed by atoms with van der Waals surface area (Å²) in [4.78, 5) is 12.0. The molecule has 1 aromatic rings. The van der Waals surface area contributed by atoms with Crippen molar-refractivity contribution >= 4 is 21.6 Å². The van der Waals surface area contributed by atoms with Crippen molar-refractivity contribution in [3.63, 3.8) is 0 Å². The van der Waals surface area contributed by atoms with Gasteiger partial charge in [0.05, 0.1) is 30.6 Å². The van der Waals surface area contributed by atoms with Crippen LogP contribution >= 0.6 is 15.9 Å². The number of methoxy groups -OCH3 is 1. The summed E-state index contributed by atoms with van der Waals surface area (Å²) in [5.41, 5.74) is 0.505. The molecule has 2 heterocycles. The molecule has 2 N–H and O–H groups in total. The molecule has 0 aliphatic carbocycles. The van der Waals surface area contributed by atoms with E-state index in [2.05, 4.69) is 38.2 Å². The summed E-state index contributed by atoms with van der Waals surface area (Å²) in [6.45, 7) is 5.58. The second kappa shape index (κ2) is 6.31. The number of nitrogens with one attached hydrogen (secondary N) is 2. The minimum atomic E-state index is -0.176. The summed E-state index contributed by atoms with van der Waals surface area (Å²) in [7, 11) is 1.68. The molecule has 2 atom stereocenters. The van der Waals surface area contributed by atoms with Crippen LogP contribution in [0.4, 0.5) is 5.69 Å². The normalized spacial score (nSPS) is 22.4. The summed E-state index contributed by atoms with van der Waals surface area (Å²) in [5.74, 6) is 0. The van der Waals surface area contributed by atoms with E-state index in [4.69, 9.17) is 4.74 Å². The van der Waals surface area contributed by atoms with E-state index >= 15 is 0 Å². The highest BCUT2D eigenvalue weighted by molar-refractivity contribution is 9.10. The Hall–Kier alpha value is -1.18. The molecule has 19 heavy (non-hydrogen) atoms. The van der Waals surface area contributed by atoms with Crippen molar-refractivity contribution < 1.29 is 4.74 Å². The first kappa shape index (κ1) is 14.2. The van der Waals surface area contributed by atoms with Gasteiger partial charge in [0.15, 0.2) is 0 Å². The smallest absolute Gasteiger partial charge is 0.283 e. The van der Waals surface area contributed by atoms with Gasteiger partial charge in [0.25, 0.3) is 5.56 Å². The Bertz CT molecular complexity index is 517. The van der Waals surface area contributed by atoms with Crippen LogP contribution < -0.4 is 16.2 Å². The average Bonchev–Trinajstić information content (AvgIpc) is 2.86. The van der Waals surface area contributed by atoms with Crippen LogP contribution in [-0.2, 0) is 11.3 Å². The molecule has 6 nitrogen and oxygen atoms in total. The average molecular weight is 329 g/mol. The van der Waals surface area contributed by atoms with E-state index in [1.165, 1.54) is 4.68 Å². The predicted molar refractivity (Wildman–Crippen MR) is 77.5 cm³/mol. The van der Waals surface area contributed by atoms with Crippen LogP contribution in [0.1, 0.15) is 0 Å². The number of hydrogen-bond acceptors (Lipinski definition) is 5. The summed E-state index contributed by atoms with van der Waals surface area (Å²) in [6.07, 6.45) is 3.36. The van der Waals surface area contributed by atoms with Gasteiger partial charge in [-0.25, -0.2) is 4.68 Å². The minimum Gasteiger partial charge on any atom is -0.378 e. The van der Waals surface area contributed by atoms with Crippen LogP contribution in [0.3, 0.4) is 0 Å². The second-order valence-corrected chi connectivity index (χ2v) is 5.12. The van der Waals surface area contributed by atoms with Crippen molar-refractivity contribution in [2.75, 3.05) is 25.5 Å². The number of allylic oxidation sites excluding steroid dienone is 1. The largest absolute Gasteiger partial charge is 0.378 e. The van der Waals surface area contributed by atoms with Crippen LogP contribution in [-0.4, -0.2) is 42.1 Å². The quantitative estimate of drug-likeness (QED) is 0.774. The Morgan fingerprint density at radius 3 is 3.21 bits per heavy atom. The van der Waals surface area contributed by atoms with E-state index in [0.29, 0.717) is 16.7 Å². The predicted octanol–water partition coefficient (Wildman–Crippen LogP) is 0.591. The fourth-order valence-corrected chi connectivity index (χ4v) is 2.49. The third-order valence-corrected chi connectivity index (χ3v) is 3.86. The fraction of sp³-hybridized carbons (Fsp3) is 0.500. The molecule has 0 saturated carbocycles. The lowest BCUT2D eigenvalue weighted by Gasteiger charge is -2.20. The molecule has 7 heteroatoms. The van der Waals surface area contributed by atoms with E-state index in [0.717, 1.165) is 13.1 Å². The maximum absolute atomic E-state index is 12.0. The van der Waals surface area contributed by atoms with Crippen LogP contribution in [0.2, 0.25) is 0 Å². The Balaban J connectivity index is 2.19. The molecule has 1 unspecified atom stereocenters. The zero-order valence-electron chi connectivity index (χ0n) is 10.7. The van der Waals surface area contributed by atoms with Gasteiger partial charge in [-0.3, -0.25) is 4.79 Å². The molecule has 0 amide bonds. The molecule has 0 radical (unpaired) electrons. The van der Waals surface area contributed by atoms with Crippen LogP contribution in [0.5, 0.6) is 0 Å². The van der Waals surface area contributed by atoms with E-state index in [1.807, 2.05) is 0 Å². The highest BCUT2D eigenvalue weighted by Gasteiger charge is 2.27. The van der Waals surface area contributed by atoms with Gasteiger partial charge in [0.1, 0.15) is 4.47 Å². The summed E-state index contributed by atoms with van der Waals surface area (Å²) < 4.78 is 7.20. The first-order valence-electron chi connectivity index (χ1n) is 6.04. The van der Waals surface area contributed by atoms with E-state index in [-0.39, 0.29) is 17.7 Å². The third-order valence-electron chi connectivity index (χ3n) is 3.09. The Morgan fingerprint density at radius 2 is 2.53 bits per heavy atom. The van der Waals surface area contributed by atoms with Crippen LogP contribution in [0, 0.1) is 0 Å². The van der Waals surface area contributed by atoms with Crippen LogP contribution in [0.25, 0.3) is 0 Å². The molecule has 1 aromatic heterocycles. The topological polar surface area (TPSA) is 68.2 Å². The van der Waals surface area contributed by atoms with E-state index in [9.17, 15) is 4.79 Å². The molecule has 0 aromatic carbocycles. The lowest BCUT2D eigenvalue weighted by Crippen LogP contribution is -2.35. The lowest BCUT2D eigenvalue weighted by atomic mass is 10.2. The van der Waals surface area contributed by atoms with Crippen molar-refractivity contribution in [1.82, 2.24) is 15.1 Å². The van der Waals surface area contributed by atoms with Crippen molar-refractivity contribution in [1.29, 1.82) is 0 Å². The molecule has 1 aliphatic rings. The Morgan fingerprint density at radius 1 is 1.74 bits per heavy atom. The molecule has 0 spiro atoms. The van der Waals surface area contributed by atoms with Gasteiger partial charge >= 0.3 is 0 Å². The SMILES string of the molecule is C=CCn1ncc(NC2CNC[C@@H]2OC)c(Br)c1=O. The minimum absolute atomic E-state index is 0.0857. The van der Waals surface area contributed by atoms with Crippen molar-refractivity contribution in [3.8, 4) is 0 Å². The Kier molecular flexibility index (Phi) is 4.73. The summed E-state index contributed by atoms with van der Waals surface area (Å²) >= 11 is 3.32. The standard InChI is InChI=1S/C12H17BrN4O2/c1-3-4-17-12(18)11(13)9(6-15-17)16-8-5-14-7-10(8)19-2/h3,6,8,10,14,16H,1,4-5,7H2,2H3/t8?,10-/m0/s1. The van der Waals surface area contributed by atoms with Gasteiger partial charge in [-0.2, -0.15) is 5.10 Å². The zero-order valence-corrected chi connectivity index (χ0v) is 12.3. The molecule has 2 rings (SSSR count). The molecule has 0 bridgehead atoms. The van der Waals surface area contributed by atoms with Gasteiger partial charge in [-0.15, -0.1) is 6.58 Å². The fourth-order valence-electron chi connectivity index (χ4n) is 2.06. The first-order chi connectivity index (χ1) is 9.17. The highest BCUT2D eigenvalue weighted by Crippen LogP contribution is 2.19. The molecular formula is C12H17BrN4O2. The third kappa shape index (κ3) is 3.05. The van der Waals surface area contributed by atoms with Gasteiger partial charge in [-0.1, -0.05) is 6.08 Å². The highest BCUT2D eigenvalue weighted by atomic mass is 79.9. The zero-order chi connectivity index (χ0) is 13.8.